The van der Waals surface area contributed by atoms with Crippen molar-refractivity contribution in [1.82, 2.24) is 10.2 Å². The number of carbonyl (C=O) groups excluding carboxylic acids is 3. The molecular weight excluding hydrogens is 404 g/mol. The van der Waals surface area contributed by atoms with Crippen LogP contribution in [-0.4, -0.2) is 53.4 Å². The van der Waals surface area contributed by atoms with E-state index in [9.17, 15) is 19.5 Å². The predicted molar refractivity (Wildman–Crippen MR) is 115 cm³/mol. The number of amides is 3. The third-order valence-corrected chi connectivity index (χ3v) is 5.41. The maximum Gasteiger partial charge on any atom is 0.294 e. The number of aliphatic hydroxyl groups is 1. The Kier molecular flexibility index (Phi) is 7.26. The molecule has 3 rings (SSSR count). The third kappa shape index (κ3) is 5.49. The summed E-state index contributed by atoms with van der Waals surface area (Å²) in [6.07, 6.45) is 2.05. The van der Waals surface area contributed by atoms with Gasteiger partial charge in [0.05, 0.1) is 24.7 Å². The molecule has 0 radical (unpaired) electrons. The van der Waals surface area contributed by atoms with Crippen LogP contribution in [0.5, 0.6) is 5.75 Å². The summed E-state index contributed by atoms with van der Waals surface area (Å²) in [6.45, 7) is -0.643. The summed E-state index contributed by atoms with van der Waals surface area (Å²) in [5.74, 6) is -0.330. The van der Waals surface area contributed by atoms with Crippen LogP contribution in [0.25, 0.3) is 6.08 Å². The minimum atomic E-state index is -0.514. The molecule has 156 valence electrons. The SMILES string of the molecule is COc1ccc(/C=C2\SC(=O)N(CC(=O)N[C@H](CO)Cc3ccccc3)C2=O)cc1. The number of carbonyl (C=O) groups is 3. The number of methoxy groups -OCH3 is 1. The third-order valence-electron chi connectivity index (χ3n) is 4.50. The molecule has 1 saturated heterocycles. The molecule has 2 N–H and O–H groups in total. The van der Waals surface area contributed by atoms with Crippen LogP contribution in [0, 0.1) is 0 Å². The molecule has 0 bridgehead atoms. The number of ether oxygens (including phenoxy) is 1. The molecule has 0 spiro atoms. The predicted octanol–water partition coefficient (Wildman–Crippen LogP) is 2.45. The molecule has 0 saturated carbocycles. The molecule has 2 aromatic rings. The highest BCUT2D eigenvalue weighted by Crippen LogP contribution is 2.32. The highest BCUT2D eigenvalue weighted by Gasteiger charge is 2.36. The van der Waals surface area contributed by atoms with Gasteiger partial charge in [-0.25, -0.2) is 0 Å². The van der Waals surface area contributed by atoms with E-state index in [2.05, 4.69) is 5.32 Å². The highest BCUT2D eigenvalue weighted by molar-refractivity contribution is 8.18. The molecule has 8 heteroatoms. The largest absolute Gasteiger partial charge is 0.497 e. The van der Waals surface area contributed by atoms with Crippen LogP contribution >= 0.6 is 11.8 Å². The zero-order valence-electron chi connectivity index (χ0n) is 16.4. The summed E-state index contributed by atoms with van der Waals surface area (Å²) in [6, 6.07) is 16.0. The fraction of sp³-hybridized carbons (Fsp3) is 0.227. The van der Waals surface area contributed by atoms with E-state index in [4.69, 9.17) is 4.74 Å². The molecule has 1 aliphatic heterocycles. The Hall–Kier alpha value is -3.10. The smallest absolute Gasteiger partial charge is 0.294 e. The van der Waals surface area contributed by atoms with E-state index >= 15 is 0 Å². The van der Waals surface area contributed by atoms with E-state index in [0.717, 1.165) is 27.8 Å². The van der Waals surface area contributed by atoms with Crippen LogP contribution < -0.4 is 10.1 Å². The van der Waals surface area contributed by atoms with Crippen LogP contribution in [0.3, 0.4) is 0 Å². The average molecular weight is 426 g/mol. The van der Waals surface area contributed by atoms with E-state index < -0.39 is 29.6 Å². The molecule has 1 fully saturated rings. The van der Waals surface area contributed by atoms with Crippen molar-refractivity contribution in [1.29, 1.82) is 0 Å². The Morgan fingerprint density at radius 3 is 2.50 bits per heavy atom. The molecular formula is C22H22N2O5S. The van der Waals surface area contributed by atoms with Gasteiger partial charge in [-0.05, 0) is 47.5 Å². The van der Waals surface area contributed by atoms with Crippen molar-refractivity contribution in [2.45, 2.75) is 12.5 Å². The zero-order chi connectivity index (χ0) is 21.5. The van der Waals surface area contributed by atoms with Crippen molar-refractivity contribution in [3.63, 3.8) is 0 Å². The number of thioether (sulfide) groups is 1. The number of nitrogens with zero attached hydrogens (tertiary/aromatic N) is 1. The van der Waals surface area contributed by atoms with E-state index in [-0.39, 0.29) is 11.5 Å². The van der Waals surface area contributed by atoms with Crippen molar-refractivity contribution in [2.75, 3.05) is 20.3 Å². The average Bonchev–Trinajstić information content (AvgIpc) is 3.01. The van der Waals surface area contributed by atoms with E-state index in [0.29, 0.717) is 12.2 Å². The molecule has 1 heterocycles. The van der Waals surface area contributed by atoms with Gasteiger partial charge < -0.3 is 15.2 Å². The summed E-state index contributed by atoms with van der Waals surface area (Å²) in [5.41, 5.74) is 1.71. The Morgan fingerprint density at radius 1 is 1.17 bits per heavy atom. The molecule has 7 nitrogen and oxygen atoms in total. The fourth-order valence-electron chi connectivity index (χ4n) is 2.96. The first-order chi connectivity index (χ1) is 14.5. The van der Waals surface area contributed by atoms with Crippen molar-refractivity contribution in [3.8, 4) is 5.75 Å². The van der Waals surface area contributed by atoms with Gasteiger partial charge in [0, 0.05) is 0 Å². The summed E-state index contributed by atoms with van der Waals surface area (Å²) in [4.78, 5) is 38.4. The summed E-state index contributed by atoms with van der Waals surface area (Å²) < 4.78 is 5.10. The van der Waals surface area contributed by atoms with Gasteiger partial charge in [-0.15, -0.1) is 0 Å². The number of nitrogens with one attached hydrogen (secondary N) is 1. The second-order valence-electron chi connectivity index (χ2n) is 6.68. The second-order valence-corrected chi connectivity index (χ2v) is 7.67. The molecule has 30 heavy (non-hydrogen) atoms. The van der Waals surface area contributed by atoms with Gasteiger partial charge in [0.25, 0.3) is 11.1 Å². The minimum Gasteiger partial charge on any atom is -0.497 e. The Labute approximate surface area is 178 Å². The van der Waals surface area contributed by atoms with Gasteiger partial charge in [0.15, 0.2) is 0 Å². The molecule has 0 aliphatic carbocycles. The molecule has 3 amide bonds. The van der Waals surface area contributed by atoms with E-state index in [1.54, 1.807) is 37.5 Å². The van der Waals surface area contributed by atoms with Gasteiger partial charge in [0.1, 0.15) is 12.3 Å². The quantitative estimate of drug-likeness (QED) is 0.630. The number of hydrogen-bond donors (Lipinski definition) is 2. The van der Waals surface area contributed by atoms with Crippen molar-refractivity contribution < 1.29 is 24.2 Å². The van der Waals surface area contributed by atoms with Gasteiger partial charge in [0.2, 0.25) is 5.91 Å². The molecule has 0 unspecified atom stereocenters. The monoisotopic (exact) mass is 426 g/mol. The van der Waals surface area contributed by atoms with Gasteiger partial charge in [-0.3, -0.25) is 19.3 Å². The van der Waals surface area contributed by atoms with Crippen molar-refractivity contribution in [2.24, 2.45) is 0 Å². The molecule has 2 aromatic carbocycles. The van der Waals surface area contributed by atoms with Crippen LogP contribution in [0.1, 0.15) is 11.1 Å². The van der Waals surface area contributed by atoms with Crippen LogP contribution in [-0.2, 0) is 16.0 Å². The number of imide groups is 1. The lowest BCUT2D eigenvalue weighted by Gasteiger charge is -2.18. The lowest BCUT2D eigenvalue weighted by atomic mass is 10.1. The lowest BCUT2D eigenvalue weighted by Crippen LogP contribution is -2.45. The maximum atomic E-state index is 12.6. The fourth-order valence-corrected chi connectivity index (χ4v) is 3.80. The Morgan fingerprint density at radius 2 is 1.87 bits per heavy atom. The van der Waals surface area contributed by atoms with Crippen molar-refractivity contribution in [3.05, 3.63) is 70.6 Å². The van der Waals surface area contributed by atoms with Crippen molar-refractivity contribution >= 4 is 34.9 Å². The Bertz CT molecular complexity index is 944. The Balaban J connectivity index is 1.61. The van der Waals surface area contributed by atoms with E-state index in [1.807, 2.05) is 30.3 Å². The second kappa shape index (κ2) is 10.1. The maximum absolute atomic E-state index is 12.6. The minimum absolute atomic E-state index is 0.250. The summed E-state index contributed by atoms with van der Waals surface area (Å²) in [5, 5.41) is 11.7. The topological polar surface area (TPSA) is 95.9 Å². The first-order valence-corrected chi connectivity index (χ1v) is 10.2. The summed E-state index contributed by atoms with van der Waals surface area (Å²) >= 11 is 0.794. The van der Waals surface area contributed by atoms with Crippen LogP contribution in [0.2, 0.25) is 0 Å². The first-order valence-electron chi connectivity index (χ1n) is 9.33. The number of benzene rings is 2. The van der Waals surface area contributed by atoms with E-state index in [1.165, 1.54) is 0 Å². The van der Waals surface area contributed by atoms with Crippen LogP contribution in [0.15, 0.2) is 59.5 Å². The highest BCUT2D eigenvalue weighted by atomic mass is 32.2. The summed E-state index contributed by atoms with van der Waals surface area (Å²) in [7, 11) is 1.56. The number of rotatable bonds is 8. The number of aliphatic hydroxyl groups excluding tert-OH is 1. The first kappa shape index (κ1) is 21.6. The van der Waals surface area contributed by atoms with Gasteiger partial charge in [-0.2, -0.15) is 0 Å². The van der Waals surface area contributed by atoms with Crippen LogP contribution in [0.4, 0.5) is 4.79 Å². The molecule has 1 aliphatic rings. The zero-order valence-corrected chi connectivity index (χ0v) is 17.2. The molecule has 1 atom stereocenters. The lowest BCUT2D eigenvalue weighted by molar-refractivity contribution is -0.129. The molecule has 0 aromatic heterocycles. The number of hydrogen-bond acceptors (Lipinski definition) is 6. The van der Waals surface area contributed by atoms with Gasteiger partial charge in [-0.1, -0.05) is 42.5 Å². The standard InChI is InChI=1S/C22H22N2O5S/c1-29-18-9-7-16(8-10-18)12-19-21(27)24(22(28)30-19)13-20(26)23-17(14-25)11-15-5-3-2-4-6-15/h2-10,12,17,25H,11,13-14H2,1H3,(H,23,26)/b19-12-/t17-/m0/s1. The van der Waals surface area contributed by atoms with Gasteiger partial charge >= 0.3 is 0 Å². The normalized spacial score (nSPS) is 16.1.